The summed E-state index contributed by atoms with van der Waals surface area (Å²) < 4.78 is 23.1. The number of carbonyl (C=O) groups excluding carboxylic acids is 1. The van der Waals surface area contributed by atoms with Crippen LogP contribution >= 0.6 is 0 Å². The lowest BCUT2D eigenvalue weighted by Gasteiger charge is -2.48. The number of methoxy groups -OCH3 is 2. The smallest absolute Gasteiger partial charge is 0.410 e. The predicted octanol–water partition coefficient (Wildman–Crippen LogP) is 4.72. The van der Waals surface area contributed by atoms with Crippen molar-refractivity contribution in [2.75, 3.05) is 27.3 Å². The summed E-state index contributed by atoms with van der Waals surface area (Å²) in [5.41, 5.74) is 0.162. The molecule has 1 aliphatic heterocycles. The molecule has 3 rings (SSSR count). The number of ether oxygens (including phenoxy) is 4. The van der Waals surface area contributed by atoms with Crippen LogP contribution in [-0.2, 0) is 9.47 Å². The number of amides is 1. The summed E-state index contributed by atoms with van der Waals surface area (Å²) in [4.78, 5) is 14.7. The van der Waals surface area contributed by atoms with Gasteiger partial charge in [-0.25, -0.2) is 4.79 Å². The molecule has 6 nitrogen and oxygen atoms in total. The van der Waals surface area contributed by atoms with E-state index in [-0.39, 0.29) is 17.8 Å². The molecule has 0 aromatic heterocycles. The second kappa shape index (κ2) is 8.19. The van der Waals surface area contributed by atoms with Crippen molar-refractivity contribution in [1.29, 1.82) is 0 Å². The van der Waals surface area contributed by atoms with Crippen LogP contribution in [0.25, 0.3) is 0 Å². The van der Waals surface area contributed by atoms with Gasteiger partial charge in [-0.3, -0.25) is 0 Å². The summed E-state index contributed by atoms with van der Waals surface area (Å²) in [5.74, 6) is 1.34. The van der Waals surface area contributed by atoms with E-state index in [9.17, 15) is 4.79 Å². The van der Waals surface area contributed by atoms with E-state index in [1.165, 1.54) is 6.42 Å². The monoisotopic (exact) mass is 391 g/mol. The quantitative estimate of drug-likeness (QED) is 0.746. The van der Waals surface area contributed by atoms with E-state index >= 15 is 0 Å². The molecule has 1 saturated carbocycles. The van der Waals surface area contributed by atoms with Gasteiger partial charge < -0.3 is 23.8 Å². The highest BCUT2D eigenvalue weighted by molar-refractivity contribution is 5.68. The predicted molar refractivity (Wildman–Crippen MR) is 107 cm³/mol. The Morgan fingerprint density at radius 3 is 2.39 bits per heavy atom. The molecule has 2 aliphatic rings. The van der Waals surface area contributed by atoms with Crippen LogP contribution < -0.4 is 9.47 Å². The van der Waals surface area contributed by atoms with Gasteiger partial charge in [0, 0.05) is 0 Å². The van der Waals surface area contributed by atoms with Crippen LogP contribution in [0.4, 0.5) is 4.79 Å². The molecule has 1 aromatic rings. The van der Waals surface area contributed by atoms with Crippen molar-refractivity contribution in [3.8, 4) is 11.5 Å². The number of hydrogen-bond acceptors (Lipinski definition) is 5. The van der Waals surface area contributed by atoms with Crippen LogP contribution in [0.3, 0.4) is 0 Å². The Hall–Kier alpha value is -1.95. The van der Waals surface area contributed by atoms with Gasteiger partial charge in [-0.2, -0.15) is 0 Å². The molecule has 1 aromatic carbocycles. The third kappa shape index (κ3) is 4.72. The Labute approximate surface area is 168 Å². The van der Waals surface area contributed by atoms with Gasteiger partial charge in [-0.15, -0.1) is 0 Å². The first-order chi connectivity index (χ1) is 13.3. The summed E-state index contributed by atoms with van der Waals surface area (Å²) in [5, 5.41) is 0. The molecule has 28 heavy (non-hydrogen) atoms. The Morgan fingerprint density at radius 1 is 1.11 bits per heavy atom. The highest BCUT2D eigenvalue weighted by Crippen LogP contribution is 2.42. The fourth-order valence-electron chi connectivity index (χ4n) is 4.15. The summed E-state index contributed by atoms with van der Waals surface area (Å²) in [6.45, 7) is 6.74. The first kappa shape index (κ1) is 20.8. The Balaban J connectivity index is 1.88. The van der Waals surface area contributed by atoms with Crippen molar-refractivity contribution in [2.45, 2.75) is 70.2 Å². The first-order valence-corrected chi connectivity index (χ1v) is 10.1. The summed E-state index contributed by atoms with van der Waals surface area (Å²) >= 11 is 0. The minimum Gasteiger partial charge on any atom is -0.493 e. The highest BCUT2D eigenvalue weighted by Gasteiger charge is 2.44. The maximum Gasteiger partial charge on any atom is 0.410 e. The number of hydrogen-bond donors (Lipinski definition) is 0. The average Bonchev–Trinajstić information content (AvgIpc) is 2.66. The molecule has 1 saturated heterocycles. The standard InChI is InChI=1S/C22H33NO5/c1-21(2,3)28-20(24)23-14-19(27-22(15-23)11-7-6-8-12-22)16-9-10-17(25-4)18(13-16)26-5/h9-10,13,19H,6-8,11-12,14-15H2,1-5H3. The van der Waals surface area contributed by atoms with Crippen molar-refractivity contribution in [3.05, 3.63) is 23.8 Å². The third-order valence-corrected chi connectivity index (χ3v) is 5.45. The van der Waals surface area contributed by atoms with Gasteiger partial charge in [0.15, 0.2) is 11.5 Å². The van der Waals surface area contributed by atoms with Gasteiger partial charge in [-0.1, -0.05) is 25.3 Å². The maximum atomic E-state index is 12.8. The largest absolute Gasteiger partial charge is 0.493 e. The van der Waals surface area contributed by atoms with E-state index in [0.717, 1.165) is 31.2 Å². The molecule has 1 atom stereocenters. The normalized spacial score (nSPS) is 22.0. The van der Waals surface area contributed by atoms with Crippen LogP contribution in [-0.4, -0.2) is 49.5 Å². The number of rotatable bonds is 3. The fraction of sp³-hybridized carbons (Fsp3) is 0.682. The summed E-state index contributed by atoms with van der Waals surface area (Å²) in [6, 6.07) is 5.82. The lowest BCUT2D eigenvalue weighted by Crippen LogP contribution is -2.56. The molecule has 0 bridgehead atoms. The lowest BCUT2D eigenvalue weighted by molar-refractivity contribution is -0.168. The van der Waals surface area contributed by atoms with Crippen molar-refractivity contribution < 1.29 is 23.7 Å². The molecule has 6 heteroatoms. The molecular formula is C22H33NO5. The zero-order valence-electron chi connectivity index (χ0n) is 17.7. The van der Waals surface area contributed by atoms with E-state index < -0.39 is 5.60 Å². The van der Waals surface area contributed by atoms with Crippen molar-refractivity contribution in [3.63, 3.8) is 0 Å². The lowest BCUT2D eigenvalue weighted by atomic mass is 9.82. The summed E-state index contributed by atoms with van der Waals surface area (Å²) in [7, 11) is 3.24. The van der Waals surface area contributed by atoms with Crippen LogP contribution in [0.5, 0.6) is 11.5 Å². The molecule has 1 unspecified atom stereocenters. The van der Waals surface area contributed by atoms with E-state index in [4.69, 9.17) is 18.9 Å². The molecule has 0 N–H and O–H groups in total. The van der Waals surface area contributed by atoms with Crippen molar-refractivity contribution in [1.82, 2.24) is 4.90 Å². The fourth-order valence-corrected chi connectivity index (χ4v) is 4.15. The van der Waals surface area contributed by atoms with E-state index in [1.807, 2.05) is 43.9 Å². The molecule has 156 valence electrons. The van der Waals surface area contributed by atoms with Crippen LogP contribution in [0.2, 0.25) is 0 Å². The first-order valence-electron chi connectivity index (χ1n) is 10.1. The van der Waals surface area contributed by atoms with Gasteiger partial charge in [0.05, 0.1) is 32.9 Å². The zero-order chi connectivity index (χ0) is 20.4. The molecule has 2 fully saturated rings. The number of nitrogens with zero attached hydrogens (tertiary/aromatic N) is 1. The SMILES string of the molecule is COc1ccc(C2CN(C(=O)OC(C)(C)C)CC3(CCCCC3)O2)cc1OC. The number of carbonyl (C=O) groups is 1. The molecule has 0 radical (unpaired) electrons. The van der Waals surface area contributed by atoms with Crippen molar-refractivity contribution >= 4 is 6.09 Å². The van der Waals surface area contributed by atoms with Crippen LogP contribution in [0, 0.1) is 0 Å². The van der Waals surface area contributed by atoms with Gasteiger partial charge in [0.2, 0.25) is 0 Å². The van der Waals surface area contributed by atoms with E-state index in [1.54, 1.807) is 14.2 Å². The molecule has 1 heterocycles. The Bertz CT molecular complexity index is 691. The van der Waals surface area contributed by atoms with E-state index in [2.05, 4.69) is 0 Å². The minimum absolute atomic E-state index is 0.223. The van der Waals surface area contributed by atoms with Gasteiger partial charge in [0.1, 0.15) is 11.7 Å². The van der Waals surface area contributed by atoms with Crippen molar-refractivity contribution in [2.24, 2.45) is 0 Å². The van der Waals surface area contributed by atoms with Gasteiger partial charge >= 0.3 is 6.09 Å². The third-order valence-electron chi connectivity index (χ3n) is 5.45. The minimum atomic E-state index is -0.520. The Morgan fingerprint density at radius 2 is 1.79 bits per heavy atom. The average molecular weight is 392 g/mol. The van der Waals surface area contributed by atoms with Crippen LogP contribution in [0.15, 0.2) is 18.2 Å². The molecule has 1 aliphatic carbocycles. The second-order valence-corrected chi connectivity index (χ2v) is 8.83. The molecule has 1 amide bonds. The Kier molecular flexibility index (Phi) is 6.08. The second-order valence-electron chi connectivity index (χ2n) is 8.83. The molecular weight excluding hydrogens is 358 g/mol. The number of benzene rings is 1. The topological polar surface area (TPSA) is 57.2 Å². The zero-order valence-corrected chi connectivity index (χ0v) is 17.7. The highest BCUT2D eigenvalue weighted by atomic mass is 16.6. The van der Waals surface area contributed by atoms with E-state index in [0.29, 0.717) is 24.6 Å². The van der Waals surface area contributed by atoms with Crippen LogP contribution in [0.1, 0.15) is 64.5 Å². The maximum absolute atomic E-state index is 12.8. The molecule has 1 spiro atoms. The van der Waals surface area contributed by atoms with Gasteiger partial charge in [0.25, 0.3) is 0 Å². The van der Waals surface area contributed by atoms with Gasteiger partial charge in [-0.05, 0) is 51.3 Å². The summed E-state index contributed by atoms with van der Waals surface area (Å²) in [6.07, 6.45) is 4.91. The number of morpholine rings is 1.